The number of hydrogen-bond donors (Lipinski definition) is 2. The van der Waals surface area contributed by atoms with E-state index < -0.39 is 65.2 Å². The first-order chi connectivity index (χ1) is 18.2. The summed E-state index contributed by atoms with van der Waals surface area (Å²) in [6.07, 6.45) is 2.43. The van der Waals surface area contributed by atoms with Gasteiger partial charge in [-0.25, -0.2) is 4.79 Å². The van der Waals surface area contributed by atoms with Crippen molar-refractivity contribution in [2.24, 2.45) is 23.2 Å². The van der Waals surface area contributed by atoms with Crippen LogP contribution in [0.4, 0.5) is 0 Å². The van der Waals surface area contributed by atoms with Gasteiger partial charge in [0.1, 0.15) is 23.9 Å². The van der Waals surface area contributed by atoms with Crippen molar-refractivity contribution in [3.05, 3.63) is 59.7 Å². The standard InChI is InChI=1S/C31H42O8/c1-18-13-14-30(6,7)26(37-21(4)32)16-25(34)19(2)15-24-27(39-29(35)23-11-9-8-10-12-23)20(3)17-31(24,36)28(18)38-22(5)33/h8-15,18,20,24-28,34,36H,16-17H2,1-7H3/b14-13+,19-15+/t18-,20-,24-,25+,26+,27-,28-,31+/m0/s1. The predicted octanol–water partition coefficient (Wildman–Crippen LogP) is 4.39. The normalized spacial score (nSPS) is 36.6. The number of hydrogen-bond acceptors (Lipinski definition) is 8. The molecule has 1 aromatic carbocycles. The molecule has 8 atom stereocenters. The summed E-state index contributed by atoms with van der Waals surface area (Å²) in [5, 5.41) is 23.5. The van der Waals surface area contributed by atoms with Crippen LogP contribution < -0.4 is 0 Å². The van der Waals surface area contributed by atoms with Crippen molar-refractivity contribution >= 4 is 17.9 Å². The number of esters is 3. The molecule has 8 heteroatoms. The molecule has 0 spiro atoms. The van der Waals surface area contributed by atoms with E-state index in [4.69, 9.17) is 14.2 Å². The van der Waals surface area contributed by atoms with Crippen molar-refractivity contribution in [3.63, 3.8) is 0 Å². The SMILES string of the molecule is CC(=O)O[C@@H]1C[C@@H](O)/C(C)=C/[C@H]2[C@@H](OC(=O)c3ccccc3)[C@@H](C)C[C@]2(O)[C@@H](OC(C)=O)[C@@H](C)/C=C/C1(C)C. The van der Waals surface area contributed by atoms with Gasteiger partial charge in [0.2, 0.25) is 0 Å². The van der Waals surface area contributed by atoms with E-state index in [1.807, 2.05) is 39.8 Å². The van der Waals surface area contributed by atoms with E-state index in [0.29, 0.717) is 11.1 Å². The molecule has 0 amide bonds. The van der Waals surface area contributed by atoms with Gasteiger partial charge in [0.25, 0.3) is 0 Å². The van der Waals surface area contributed by atoms with Gasteiger partial charge < -0.3 is 24.4 Å². The van der Waals surface area contributed by atoms with E-state index in [2.05, 4.69) is 0 Å². The van der Waals surface area contributed by atoms with Crippen LogP contribution >= 0.6 is 0 Å². The maximum absolute atomic E-state index is 13.1. The first-order valence-electron chi connectivity index (χ1n) is 13.5. The van der Waals surface area contributed by atoms with Gasteiger partial charge in [-0.15, -0.1) is 0 Å². The number of carbonyl (C=O) groups is 3. The topological polar surface area (TPSA) is 119 Å². The van der Waals surface area contributed by atoms with Crippen molar-refractivity contribution in [3.8, 4) is 0 Å². The molecule has 1 aromatic rings. The molecule has 0 bridgehead atoms. The molecule has 0 heterocycles. The lowest BCUT2D eigenvalue weighted by Crippen LogP contribution is -2.52. The van der Waals surface area contributed by atoms with E-state index in [-0.39, 0.29) is 18.8 Å². The fourth-order valence-electron chi connectivity index (χ4n) is 5.85. The Kier molecular flexibility index (Phi) is 9.44. The molecule has 0 aliphatic heterocycles. The Hall–Kier alpha value is -2.97. The maximum Gasteiger partial charge on any atom is 0.338 e. The average Bonchev–Trinajstić information content (AvgIpc) is 3.09. The van der Waals surface area contributed by atoms with Crippen molar-refractivity contribution in [1.29, 1.82) is 0 Å². The van der Waals surface area contributed by atoms with Crippen LogP contribution in [-0.2, 0) is 23.8 Å². The molecule has 0 radical (unpaired) electrons. The number of carbonyl (C=O) groups excluding carboxylic acids is 3. The molecule has 2 N–H and O–H groups in total. The molecular weight excluding hydrogens is 500 g/mol. The summed E-state index contributed by atoms with van der Waals surface area (Å²) < 4.78 is 17.4. The van der Waals surface area contributed by atoms with E-state index in [1.54, 1.807) is 43.3 Å². The fraction of sp³-hybridized carbons (Fsp3) is 0.581. The van der Waals surface area contributed by atoms with E-state index in [1.165, 1.54) is 13.8 Å². The van der Waals surface area contributed by atoms with E-state index in [9.17, 15) is 24.6 Å². The molecule has 0 saturated heterocycles. The molecule has 0 unspecified atom stereocenters. The second-order valence-corrected chi connectivity index (χ2v) is 11.8. The molecule has 2 aliphatic carbocycles. The molecule has 214 valence electrons. The second kappa shape index (κ2) is 12.0. The smallest absolute Gasteiger partial charge is 0.338 e. The molecular formula is C31H42O8. The Morgan fingerprint density at radius 1 is 0.974 bits per heavy atom. The number of rotatable bonds is 4. The van der Waals surface area contributed by atoms with Gasteiger partial charge in [-0.2, -0.15) is 0 Å². The third-order valence-electron chi connectivity index (χ3n) is 8.03. The third-order valence-corrected chi connectivity index (χ3v) is 8.03. The molecule has 3 rings (SSSR count). The lowest BCUT2D eigenvalue weighted by Gasteiger charge is -2.40. The first kappa shape index (κ1) is 30.6. The summed E-state index contributed by atoms with van der Waals surface area (Å²) in [5.41, 5.74) is -1.34. The zero-order valence-electron chi connectivity index (χ0n) is 23.9. The van der Waals surface area contributed by atoms with E-state index >= 15 is 0 Å². The van der Waals surface area contributed by atoms with Crippen LogP contribution in [0.5, 0.6) is 0 Å². The van der Waals surface area contributed by atoms with Crippen LogP contribution in [-0.4, -0.2) is 58.1 Å². The second-order valence-electron chi connectivity index (χ2n) is 11.8. The number of aliphatic hydroxyl groups is 2. The molecule has 39 heavy (non-hydrogen) atoms. The van der Waals surface area contributed by atoms with Crippen molar-refractivity contribution in [2.45, 2.75) is 91.3 Å². The minimum absolute atomic E-state index is 0.135. The fourth-order valence-corrected chi connectivity index (χ4v) is 5.85. The summed E-state index contributed by atoms with van der Waals surface area (Å²) in [6.45, 7) is 11.9. The Balaban J connectivity index is 2.13. The first-order valence-corrected chi connectivity index (χ1v) is 13.5. The monoisotopic (exact) mass is 542 g/mol. The van der Waals surface area contributed by atoms with Gasteiger partial charge in [0.15, 0.2) is 0 Å². The maximum atomic E-state index is 13.1. The molecule has 1 saturated carbocycles. The van der Waals surface area contributed by atoms with Crippen LogP contribution in [0.2, 0.25) is 0 Å². The van der Waals surface area contributed by atoms with Crippen LogP contribution in [0.3, 0.4) is 0 Å². The lowest BCUT2D eigenvalue weighted by atomic mass is 9.75. The van der Waals surface area contributed by atoms with Crippen LogP contribution in [0, 0.1) is 23.2 Å². The van der Waals surface area contributed by atoms with Gasteiger partial charge in [-0.3, -0.25) is 9.59 Å². The van der Waals surface area contributed by atoms with Gasteiger partial charge in [-0.1, -0.05) is 64.1 Å². The van der Waals surface area contributed by atoms with Crippen molar-refractivity contribution < 1.29 is 38.8 Å². The summed E-state index contributed by atoms with van der Waals surface area (Å²) in [7, 11) is 0. The Morgan fingerprint density at radius 3 is 2.18 bits per heavy atom. The molecule has 0 aromatic heterocycles. The highest BCUT2D eigenvalue weighted by molar-refractivity contribution is 5.89. The lowest BCUT2D eigenvalue weighted by molar-refractivity contribution is -0.173. The van der Waals surface area contributed by atoms with E-state index in [0.717, 1.165) is 0 Å². The van der Waals surface area contributed by atoms with Crippen LogP contribution in [0.25, 0.3) is 0 Å². The number of fused-ring (bicyclic) bond motifs is 1. The summed E-state index contributed by atoms with van der Waals surface area (Å²) >= 11 is 0. The third kappa shape index (κ3) is 6.97. The summed E-state index contributed by atoms with van der Waals surface area (Å²) in [6, 6.07) is 8.61. The number of aliphatic hydroxyl groups excluding tert-OH is 1. The average molecular weight is 543 g/mol. The van der Waals surface area contributed by atoms with Crippen LogP contribution in [0.15, 0.2) is 54.1 Å². The quantitative estimate of drug-likeness (QED) is 0.327. The Bertz CT molecular complexity index is 1110. The van der Waals surface area contributed by atoms with Gasteiger partial charge in [-0.05, 0) is 37.0 Å². The molecule has 1 fully saturated rings. The number of benzene rings is 1. The van der Waals surface area contributed by atoms with Gasteiger partial charge in [0.05, 0.1) is 11.7 Å². The Morgan fingerprint density at radius 2 is 1.59 bits per heavy atom. The minimum atomic E-state index is -1.59. The van der Waals surface area contributed by atoms with Gasteiger partial charge >= 0.3 is 17.9 Å². The highest BCUT2D eigenvalue weighted by atomic mass is 16.6. The largest absolute Gasteiger partial charge is 0.462 e. The minimum Gasteiger partial charge on any atom is -0.462 e. The van der Waals surface area contributed by atoms with Crippen LogP contribution in [0.1, 0.15) is 71.7 Å². The molecule has 8 nitrogen and oxygen atoms in total. The summed E-state index contributed by atoms with van der Waals surface area (Å²) in [5.74, 6) is -3.03. The zero-order chi connectivity index (χ0) is 29.1. The van der Waals surface area contributed by atoms with Crippen molar-refractivity contribution in [1.82, 2.24) is 0 Å². The Labute approximate surface area is 231 Å². The van der Waals surface area contributed by atoms with Gasteiger partial charge in [0, 0.05) is 37.5 Å². The highest BCUT2D eigenvalue weighted by Crippen LogP contribution is 2.48. The number of ether oxygens (including phenoxy) is 3. The highest BCUT2D eigenvalue weighted by Gasteiger charge is 2.58. The van der Waals surface area contributed by atoms with Crippen molar-refractivity contribution in [2.75, 3.05) is 0 Å². The zero-order valence-corrected chi connectivity index (χ0v) is 23.9. The molecule has 2 aliphatic rings. The summed E-state index contributed by atoms with van der Waals surface area (Å²) in [4.78, 5) is 37.2. The predicted molar refractivity (Wildman–Crippen MR) is 145 cm³/mol.